The van der Waals surface area contributed by atoms with E-state index in [1.165, 1.54) is 6.07 Å². The average Bonchev–Trinajstić information content (AvgIpc) is 2.43. The largest absolute Gasteiger partial charge is 0.419 e. The zero-order valence-corrected chi connectivity index (χ0v) is 10.6. The Balaban J connectivity index is 3.13. The van der Waals surface area contributed by atoms with Gasteiger partial charge in [-0.05, 0) is 11.5 Å². The summed E-state index contributed by atoms with van der Waals surface area (Å²) in [6.07, 6.45) is -7.18. The van der Waals surface area contributed by atoms with Crippen molar-refractivity contribution in [2.45, 2.75) is 38.5 Å². The third-order valence-electron chi connectivity index (χ3n) is 2.01. The number of thiophene rings is 1. The van der Waals surface area contributed by atoms with Crippen molar-refractivity contribution in [1.82, 2.24) is 0 Å². The molecule has 16 heavy (non-hydrogen) atoms. The Morgan fingerprint density at radius 2 is 1.81 bits per heavy atom. The van der Waals surface area contributed by atoms with Crippen molar-refractivity contribution in [3.05, 3.63) is 20.8 Å². The van der Waals surface area contributed by atoms with Crippen molar-refractivity contribution in [1.29, 1.82) is 0 Å². The molecule has 0 spiro atoms. The van der Waals surface area contributed by atoms with E-state index >= 15 is 0 Å². The number of alkyl halides is 3. The fraction of sp³-hybridized carbons (Fsp3) is 0.600. The van der Waals surface area contributed by atoms with Gasteiger partial charge in [0.15, 0.2) is 6.10 Å². The van der Waals surface area contributed by atoms with E-state index in [1.807, 2.05) is 20.8 Å². The van der Waals surface area contributed by atoms with Crippen LogP contribution in [0.4, 0.5) is 13.2 Å². The quantitative estimate of drug-likeness (QED) is 0.808. The first-order valence-electron chi connectivity index (χ1n) is 4.58. The van der Waals surface area contributed by atoms with Gasteiger partial charge in [-0.25, -0.2) is 0 Å². The van der Waals surface area contributed by atoms with Crippen LogP contribution < -0.4 is 0 Å². The number of halogens is 4. The molecule has 0 radical (unpaired) electrons. The highest BCUT2D eigenvalue weighted by Crippen LogP contribution is 2.43. The summed E-state index contributed by atoms with van der Waals surface area (Å²) < 4.78 is 37.0. The van der Waals surface area contributed by atoms with Crippen molar-refractivity contribution in [2.75, 3.05) is 0 Å². The molecule has 0 aliphatic carbocycles. The second-order valence-electron chi connectivity index (χ2n) is 4.52. The van der Waals surface area contributed by atoms with Crippen LogP contribution in [-0.2, 0) is 5.41 Å². The molecule has 1 aromatic heterocycles. The van der Waals surface area contributed by atoms with Crippen LogP contribution in [0.5, 0.6) is 0 Å². The van der Waals surface area contributed by atoms with Crippen LogP contribution >= 0.6 is 22.9 Å². The lowest BCUT2D eigenvalue weighted by Gasteiger charge is -2.16. The van der Waals surface area contributed by atoms with E-state index in [1.54, 1.807) is 0 Å². The van der Waals surface area contributed by atoms with Gasteiger partial charge in [-0.3, -0.25) is 0 Å². The second kappa shape index (κ2) is 4.20. The normalized spacial score (nSPS) is 15.2. The maximum Gasteiger partial charge on any atom is 0.419 e. The summed E-state index contributed by atoms with van der Waals surface area (Å²) in [6, 6.07) is 1.48. The number of hydrogen-bond donors (Lipinski definition) is 1. The highest BCUT2D eigenvalue weighted by Gasteiger charge is 2.42. The molecule has 92 valence electrons. The maximum atomic E-state index is 12.3. The minimum absolute atomic E-state index is 0.0280. The fourth-order valence-electron chi connectivity index (χ4n) is 1.09. The SMILES string of the molecule is CC(C)(C)c1cc(Cl)c(C(O)C(F)(F)F)s1. The van der Waals surface area contributed by atoms with Crippen LogP contribution in [0.2, 0.25) is 5.02 Å². The number of aliphatic hydroxyl groups is 1. The molecule has 1 aromatic rings. The molecule has 0 fully saturated rings. The van der Waals surface area contributed by atoms with E-state index in [-0.39, 0.29) is 15.3 Å². The molecule has 1 nitrogen and oxygen atoms in total. The molecule has 1 unspecified atom stereocenters. The molecule has 6 heteroatoms. The van der Waals surface area contributed by atoms with Gasteiger partial charge < -0.3 is 5.11 Å². The summed E-state index contributed by atoms with van der Waals surface area (Å²) >= 11 is 6.60. The Bertz CT molecular complexity index is 378. The maximum absolute atomic E-state index is 12.3. The Morgan fingerprint density at radius 3 is 2.12 bits per heavy atom. The molecule has 0 aromatic carbocycles. The highest BCUT2D eigenvalue weighted by molar-refractivity contribution is 7.12. The minimum Gasteiger partial charge on any atom is -0.379 e. The number of hydrogen-bond acceptors (Lipinski definition) is 2. The van der Waals surface area contributed by atoms with Crippen LogP contribution in [0, 0.1) is 0 Å². The molecule has 0 aliphatic rings. The zero-order valence-electron chi connectivity index (χ0n) is 9.02. The monoisotopic (exact) mass is 272 g/mol. The predicted molar refractivity (Wildman–Crippen MR) is 59.0 cm³/mol. The molecule has 1 atom stereocenters. The van der Waals surface area contributed by atoms with Crippen molar-refractivity contribution < 1.29 is 18.3 Å². The molecular formula is C10H12ClF3OS. The van der Waals surface area contributed by atoms with Crippen molar-refractivity contribution in [2.24, 2.45) is 0 Å². The van der Waals surface area contributed by atoms with Gasteiger partial charge in [0, 0.05) is 4.88 Å². The fourth-order valence-corrected chi connectivity index (χ4v) is 2.60. The summed E-state index contributed by atoms with van der Waals surface area (Å²) in [7, 11) is 0. The average molecular weight is 273 g/mol. The van der Waals surface area contributed by atoms with Crippen molar-refractivity contribution >= 4 is 22.9 Å². The first-order valence-corrected chi connectivity index (χ1v) is 5.77. The van der Waals surface area contributed by atoms with E-state index in [4.69, 9.17) is 16.7 Å². The predicted octanol–water partition coefficient (Wildman–Crippen LogP) is 4.29. The number of aliphatic hydroxyl groups excluding tert-OH is 1. The standard InChI is InChI=1S/C10H12ClF3OS/c1-9(2,3)6-4-5(11)7(16-6)8(15)10(12,13)14/h4,8,15H,1-3H3. The second-order valence-corrected chi connectivity index (χ2v) is 6.01. The molecule has 0 saturated carbocycles. The van der Waals surface area contributed by atoms with Crippen LogP contribution in [0.15, 0.2) is 6.07 Å². The lowest BCUT2D eigenvalue weighted by molar-refractivity contribution is -0.205. The molecule has 1 rings (SSSR count). The number of rotatable bonds is 1. The van der Waals surface area contributed by atoms with Crippen molar-refractivity contribution in [3.63, 3.8) is 0 Å². The van der Waals surface area contributed by atoms with Gasteiger partial charge >= 0.3 is 6.18 Å². The summed E-state index contributed by atoms with van der Waals surface area (Å²) in [5.41, 5.74) is -0.280. The first kappa shape index (κ1) is 13.8. The smallest absolute Gasteiger partial charge is 0.379 e. The topological polar surface area (TPSA) is 20.2 Å². The Labute approximate surface area is 101 Å². The van der Waals surface area contributed by atoms with Gasteiger partial charge in [0.2, 0.25) is 0 Å². The summed E-state index contributed by atoms with van der Waals surface area (Å²) in [4.78, 5) is 0.481. The van der Waals surface area contributed by atoms with Gasteiger partial charge in [-0.2, -0.15) is 13.2 Å². The third kappa shape index (κ3) is 2.90. The summed E-state index contributed by atoms with van der Waals surface area (Å²) in [5, 5.41) is 9.09. The molecule has 0 aliphatic heterocycles. The Kier molecular flexibility index (Phi) is 3.62. The van der Waals surface area contributed by atoms with Crippen LogP contribution in [-0.4, -0.2) is 11.3 Å². The molecule has 0 bridgehead atoms. The summed E-state index contributed by atoms with van der Waals surface area (Å²) in [5.74, 6) is 0. The van der Waals surface area contributed by atoms with E-state index in [0.717, 1.165) is 16.2 Å². The lowest BCUT2D eigenvalue weighted by atomic mass is 9.95. The minimum atomic E-state index is -4.68. The van der Waals surface area contributed by atoms with Crippen LogP contribution in [0.1, 0.15) is 36.6 Å². The molecular weight excluding hydrogens is 261 g/mol. The van der Waals surface area contributed by atoms with Gasteiger partial charge in [0.05, 0.1) is 9.90 Å². The van der Waals surface area contributed by atoms with Crippen LogP contribution in [0.25, 0.3) is 0 Å². The van der Waals surface area contributed by atoms with Gasteiger partial charge in [-0.15, -0.1) is 11.3 Å². The highest BCUT2D eigenvalue weighted by atomic mass is 35.5. The van der Waals surface area contributed by atoms with E-state index < -0.39 is 12.3 Å². The molecule has 0 amide bonds. The first-order chi connectivity index (χ1) is 7.03. The lowest BCUT2D eigenvalue weighted by Crippen LogP contribution is -2.19. The van der Waals surface area contributed by atoms with Gasteiger partial charge in [-0.1, -0.05) is 32.4 Å². The van der Waals surface area contributed by atoms with Crippen molar-refractivity contribution in [3.8, 4) is 0 Å². The van der Waals surface area contributed by atoms with Crippen LogP contribution in [0.3, 0.4) is 0 Å². The zero-order chi connectivity index (χ0) is 12.7. The summed E-state index contributed by atoms with van der Waals surface area (Å²) in [6.45, 7) is 5.62. The Morgan fingerprint density at radius 1 is 1.31 bits per heavy atom. The van der Waals surface area contributed by atoms with E-state index in [0.29, 0.717) is 0 Å². The molecule has 1 heterocycles. The van der Waals surface area contributed by atoms with Gasteiger partial charge in [0.25, 0.3) is 0 Å². The third-order valence-corrected chi connectivity index (χ3v) is 4.05. The molecule has 1 N–H and O–H groups in total. The van der Waals surface area contributed by atoms with E-state index in [9.17, 15) is 13.2 Å². The van der Waals surface area contributed by atoms with E-state index in [2.05, 4.69) is 0 Å². The molecule has 0 saturated heterocycles. The Hall–Kier alpha value is -0.260. The van der Waals surface area contributed by atoms with Gasteiger partial charge in [0.1, 0.15) is 0 Å².